The fraction of sp³-hybridized carbons (Fsp3) is 0.571. The third-order valence-corrected chi connectivity index (χ3v) is 4.13. The molecule has 104 valence electrons. The van der Waals surface area contributed by atoms with Crippen LogP contribution in [0.3, 0.4) is 0 Å². The summed E-state index contributed by atoms with van der Waals surface area (Å²) in [6, 6.07) is 0. The van der Waals surface area contributed by atoms with E-state index in [9.17, 15) is 4.79 Å². The average Bonchev–Trinajstić information content (AvgIpc) is 2.89. The van der Waals surface area contributed by atoms with Gasteiger partial charge in [0.15, 0.2) is 4.96 Å². The summed E-state index contributed by atoms with van der Waals surface area (Å²) >= 11 is 1.65. The first kappa shape index (κ1) is 14.1. The maximum Gasteiger partial charge on any atom is 0.303 e. The molecule has 4 nitrogen and oxygen atoms in total. The third-order valence-electron chi connectivity index (χ3n) is 3.26. The van der Waals surface area contributed by atoms with Crippen molar-refractivity contribution < 1.29 is 9.90 Å². The van der Waals surface area contributed by atoms with Crippen molar-refractivity contribution in [3.05, 3.63) is 22.5 Å². The molecule has 0 aliphatic rings. The minimum absolute atomic E-state index is 0.231. The Balaban J connectivity index is 2.26. The monoisotopic (exact) mass is 280 g/mol. The fourth-order valence-corrected chi connectivity index (χ4v) is 3.37. The molecule has 2 heterocycles. The Kier molecular flexibility index (Phi) is 4.58. The van der Waals surface area contributed by atoms with Crippen molar-refractivity contribution in [3.63, 3.8) is 0 Å². The largest absolute Gasteiger partial charge is 0.481 e. The summed E-state index contributed by atoms with van der Waals surface area (Å²) in [6.45, 7) is 4.32. The number of hydrogen-bond acceptors (Lipinski definition) is 3. The number of thiazole rings is 1. The quantitative estimate of drug-likeness (QED) is 0.846. The lowest BCUT2D eigenvalue weighted by atomic mass is 10.1. The highest BCUT2D eigenvalue weighted by Gasteiger charge is 2.14. The number of hydrogen-bond donors (Lipinski definition) is 1. The SMILES string of the molecule is CCCc1nc2scc(CCCC(=O)O)n2c1CC. The summed E-state index contributed by atoms with van der Waals surface area (Å²) < 4.78 is 2.23. The number of carboxylic acid groups (broad SMARTS) is 1. The Bertz CT molecular complexity index is 571. The van der Waals surface area contributed by atoms with Crippen molar-refractivity contribution in [3.8, 4) is 0 Å². The van der Waals surface area contributed by atoms with Crippen molar-refractivity contribution in [1.82, 2.24) is 9.38 Å². The second kappa shape index (κ2) is 6.19. The first-order chi connectivity index (χ1) is 9.17. The molecule has 0 aliphatic carbocycles. The molecular weight excluding hydrogens is 260 g/mol. The van der Waals surface area contributed by atoms with E-state index >= 15 is 0 Å². The van der Waals surface area contributed by atoms with E-state index in [1.807, 2.05) is 0 Å². The van der Waals surface area contributed by atoms with Crippen LogP contribution < -0.4 is 0 Å². The molecule has 0 bridgehead atoms. The van der Waals surface area contributed by atoms with Crippen LogP contribution in [0.5, 0.6) is 0 Å². The van der Waals surface area contributed by atoms with Gasteiger partial charge in [-0.25, -0.2) is 4.98 Å². The second-order valence-electron chi connectivity index (χ2n) is 4.70. The number of imidazole rings is 1. The molecule has 0 aromatic carbocycles. The lowest BCUT2D eigenvalue weighted by molar-refractivity contribution is -0.137. The standard InChI is InChI=1S/C14H20N2O2S/c1-3-6-11-12(4-2)16-10(7-5-8-13(17)18)9-19-14(16)15-11/h9H,3-8H2,1-2H3,(H,17,18). The van der Waals surface area contributed by atoms with Crippen molar-refractivity contribution >= 4 is 22.3 Å². The molecule has 1 N–H and O–H groups in total. The number of aliphatic carboxylic acids is 1. The van der Waals surface area contributed by atoms with Crippen LogP contribution >= 0.6 is 11.3 Å². The van der Waals surface area contributed by atoms with Crippen LogP contribution in [0.2, 0.25) is 0 Å². The number of rotatable bonds is 7. The van der Waals surface area contributed by atoms with Crippen LogP contribution in [0, 0.1) is 0 Å². The maximum atomic E-state index is 10.6. The highest BCUT2D eigenvalue weighted by atomic mass is 32.1. The minimum Gasteiger partial charge on any atom is -0.481 e. The van der Waals surface area contributed by atoms with Crippen LogP contribution in [0.4, 0.5) is 0 Å². The Morgan fingerprint density at radius 2 is 2.21 bits per heavy atom. The van der Waals surface area contributed by atoms with E-state index in [-0.39, 0.29) is 6.42 Å². The normalized spacial score (nSPS) is 11.3. The van der Waals surface area contributed by atoms with Gasteiger partial charge in [-0.15, -0.1) is 11.3 Å². The predicted molar refractivity (Wildman–Crippen MR) is 77.0 cm³/mol. The second-order valence-corrected chi connectivity index (χ2v) is 5.54. The van der Waals surface area contributed by atoms with Crippen LogP contribution in [0.1, 0.15) is 50.2 Å². The van der Waals surface area contributed by atoms with E-state index in [2.05, 4.69) is 23.6 Å². The van der Waals surface area contributed by atoms with Gasteiger partial charge in [-0.3, -0.25) is 9.20 Å². The smallest absolute Gasteiger partial charge is 0.303 e. The fourth-order valence-electron chi connectivity index (χ4n) is 2.41. The average molecular weight is 280 g/mol. The number of aryl methyl sites for hydroxylation is 3. The molecule has 0 saturated heterocycles. The Morgan fingerprint density at radius 1 is 1.42 bits per heavy atom. The van der Waals surface area contributed by atoms with Gasteiger partial charge >= 0.3 is 5.97 Å². The highest BCUT2D eigenvalue weighted by Crippen LogP contribution is 2.23. The molecule has 0 spiro atoms. The molecule has 0 aliphatic heterocycles. The van der Waals surface area contributed by atoms with Crippen LogP contribution in [0.15, 0.2) is 5.38 Å². The summed E-state index contributed by atoms with van der Waals surface area (Å²) in [4.78, 5) is 16.3. The minimum atomic E-state index is -0.723. The zero-order chi connectivity index (χ0) is 13.8. The van der Waals surface area contributed by atoms with E-state index in [1.165, 1.54) is 17.1 Å². The van der Waals surface area contributed by atoms with Gasteiger partial charge in [-0.1, -0.05) is 20.3 Å². The Hall–Kier alpha value is -1.36. The first-order valence-electron chi connectivity index (χ1n) is 6.85. The van der Waals surface area contributed by atoms with Crippen molar-refractivity contribution in [1.29, 1.82) is 0 Å². The zero-order valence-electron chi connectivity index (χ0n) is 11.5. The van der Waals surface area contributed by atoms with Gasteiger partial charge in [0.2, 0.25) is 0 Å². The Labute approximate surface area is 117 Å². The number of carbonyl (C=O) groups is 1. The summed E-state index contributed by atoms with van der Waals surface area (Å²) in [7, 11) is 0. The maximum absolute atomic E-state index is 10.6. The molecule has 0 fully saturated rings. The number of fused-ring (bicyclic) bond motifs is 1. The van der Waals surface area contributed by atoms with Gasteiger partial charge in [0.25, 0.3) is 0 Å². The Morgan fingerprint density at radius 3 is 2.84 bits per heavy atom. The molecular formula is C14H20N2O2S. The van der Waals surface area contributed by atoms with Crippen LogP contribution in [-0.4, -0.2) is 20.5 Å². The molecule has 19 heavy (non-hydrogen) atoms. The first-order valence-corrected chi connectivity index (χ1v) is 7.73. The van der Waals surface area contributed by atoms with E-state index in [4.69, 9.17) is 10.1 Å². The van der Waals surface area contributed by atoms with Gasteiger partial charge in [0, 0.05) is 23.2 Å². The van der Waals surface area contributed by atoms with Crippen LogP contribution in [0.25, 0.3) is 4.96 Å². The van der Waals surface area contributed by atoms with Gasteiger partial charge in [-0.05, 0) is 25.7 Å². The molecule has 2 rings (SSSR count). The lowest BCUT2D eigenvalue weighted by Gasteiger charge is -2.04. The van der Waals surface area contributed by atoms with Gasteiger partial charge in [-0.2, -0.15) is 0 Å². The molecule has 2 aromatic rings. The van der Waals surface area contributed by atoms with Crippen molar-refractivity contribution in [2.75, 3.05) is 0 Å². The van der Waals surface area contributed by atoms with Crippen molar-refractivity contribution in [2.24, 2.45) is 0 Å². The van der Waals surface area contributed by atoms with Crippen LogP contribution in [-0.2, 0) is 24.1 Å². The van der Waals surface area contributed by atoms with Crippen molar-refractivity contribution in [2.45, 2.75) is 52.4 Å². The summed E-state index contributed by atoms with van der Waals surface area (Å²) in [5.41, 5.74) is 3.70. The molecule has 5 heteroatoms. The highest BCUT2D eigenvalue weighted by molar-refractivity contribution is 7.15. The summed E-state index contributed by atoms with van der Waals surface area (Å²) in [5.74, 6) is -0.723. The van der Waals surface area contributed by atoms with Gasteiger partial charge < -0.3 is 5.11 Å². The molecule has 0 amide bonds. The van der Waals surface area contributed by atoms with Gasteiger partial charge in [0.05, 0.1) is 5.69 Å². The summed E-state index contributed by atoms with van der Waals surface area (Å²) in [6.07, 6.45) is 4.82. The molecule has 0 atom stereocenters. The molecule has 2 aromatic heterocycles. The third kappa shape index (κ3) is 2.97. The summed E-state index contributed by atoms with van der Waals surface area (Å²) in [5, 5.41) is 10.8. The lowest BCUT2D eigenvalue weighted by Crippen LogP contribution is -2.01. The topological polar surface area (TPSA) is 54.6 Å². The molecule has 0 unspecified atom stereocenters. The van der Waals surface area contributed by atoms with Gasteiger partial charge in [0.1, 0.15) is 0 Å². The molecule has 0 saturated carbocycles. The van der Waals surface area contributed by atoms with E-state index < -0.39 is 5.97 Å². The number of aromatic nitrogens is 2. The number of carboxylic acids is 1. The van der Waals surface area contributed by atoms with E-state index in [0.29, 0.717) is 6.42 Å². The molecule has 0 radical (unpaired) electrons. The number of nitrogens with zero attached hydrogens (tertiary/aromatic N) is 2. The van der Waals surface area contributed by atoms with E-state index in [0.717, 1.165) is 30.6 Å². The zero-order valence-corrected chi connectivity index (χ0v) is 12.3. The van der Waals surface area contributed by atoms with E-state index in [1.54, 1.807) is 11.3 Å². The predicted octanol–water partition coefficient (Wildman–Crippen LogP) is 3.32.